The fourth-order valence-corrected chi connectivity index (χ4v) is 1.05. The van der Waals surface area contributed by atoms with Gasteiger partial charge < -0.3 is 10.2 Å². The molecular weight excluding hydrogens is 194 g/mol. The molecule has 0 unspecified atom stereocenters. The molecule has 0 atom stereocenters. The van der Waals surface area contributed by atoms with Crippen molar-refractivity contribution >= 4 is 5.78 Å². The SMILES string of the molecule is CC(=O)Cc1cc(F)c(O)c(F)c1O. The number of phenolic OH excluding ortho intramolecular Hbond substituents is 2. The van der Waals surface area contributed by atoms with Gasteiger partial charge in [0.25, 0.3) is 0 Å². The molecule has 2 N–H and O–H groups in total. The van der Waals surface area contributed by atoms with Crippen LogP contribution in [0.4, 0.5) is 8.78 Å². The molecule has 0 aromatic heterocycles. The standard InChI is InChI=1S/C9H8F2O3/c1-4(12)2-5-3-6(10)9(14)7(11)8(5)13/h3,13-14H,2H2,1H3. The first-order chi connectivity index (χ1) is 6.43. The minimum atomic E-state index is -1.44. The minimum Gasteiger partial charge on any atom is -0.505 e. The predicted octanol–water partition coefficient (Wildman–Crippen LogP) is 1.51. The molecule has 0 saturated carbocycles. The number of phenols is 2. The van der Waals surface area contributed by atoms with E-state index in [2.05, 4.69) is 0 Å². The van der Waals surface area contributed by atoms with Gasteiger partial charge in [0.05, 0.1) is 0 Å². The molecule has 0 aliphatic carbocycles. The summed E-state index contributed by atoms with van der Waals surface area (Å²) in [5.41, 5.74) is -0.176. The monoisotopic (exact) mass is 202 g/mol. The van der Waals surface area contributed by atoms with Crippen molar-refractivity contribution in [1.82, 2.24) is 0 Å². The van der Waals surface area contributed by atoms with Gasteiger partial charge in [-0.25, -0.2) is 4.39 Å². The van der Waals surface area contributed by atoms with E-state index in [1.54, 1.807) is 0 Å². The van der Waals surface area contributed by atoms with Crippen LogP contribution in [0, 0.1) is 11.6 Å². The maximum atomic E-state index is 12.9. The van der Waals surface area contributed by atoms with Crippen LogP contribution in [0.15, 0.2) is 6.07 Å². The Morgan fingerprint density at radius 3 is 2.43 bits per heavy atom. The third kappa shape index (κ3) is 1.81. The van der Waals surface area contributed by atoms with Crippen molar-refractivity contribution in [3.8, 4) is 11.5 Å². The molecule has 0 fully saturated rings. The second kappa shape index (κ2) is 3.61. The van der Waals surface area contributed by atoms with Crippen LogP contribution in [-0.4, -0.2) is 16.0 Å². The summed E-state index contributed by atoms with van der Waals surface area (Å²) in [6, 6.07) is 0.731. The van der Waals surface area contributed by atoms with Crippen LogP contribution in [0.2, 0.25) is 0 Å². The van der Waals surface area contributed by atoms with E-state index in [1.165, 1.54) is 6.92 Å². The molecule has 0 radical (unpaired) electrons. The molecule has 0 bridgehead atoms. The lowest BCUT2D eigenvalue weighted by Gasteiger charge is -2.05. The lowest BCUT2D eigenvalue weighted by atomic mass is 10.1. The Bertz CT molecular complexity index is 388. The van der Waals surface area contributed by atoms with Gasteiger partial charge in [0.15, 0.2) is 17.3 Å². The Morgan fingerprint density at radius 1 is 1.36 bits per heavy atom. The van der Waals surface area contributed by atoms with Gasteiger partial charge in [-0.3, -0.25) is 4.79 Å². The highest BCUT2D eigenvalue weighted by molar-refractivity contribution is 5.79. The largest absolute Gasteiger partial charge is 0.505 e. The number of Topliss-reactive ketones (excluding diaryl/α,β-unsaturated/α-hetero) is 1. The lowest BCUT2D eigenvalue weighted by molar-refractivity contribution is -0.116. The van der Waals surface area contributed by atoms with Gasteiger partial charge in [-0.15, -0.1) is 0 Å². The molecule has 76 valence electrons. The van der Waals surface area contributed by atoms with Crippen molar-refractivity contribution in [2.24, 2.45) is 0 Å². The van der Waals surface area contributed by atoms with Crippen molar-refractivity contribution in [2.45, 2.75) is 13.3 Å². The highest BCUT2D eigenvalue weighted by Crippen LogP contribution is 2.31. The molecule has 1 aromatic rings. The Kier molecular flexibility index (Phi) is 2.69. The second-order valence-electron chi connectivity index (χ2n) is 2.91. The summed E-state index contributed by atoms with van der Waals surface area (Å²) in [5.74, 6) is -5.11. The molecule has 1 rings (SSSR count). The first-order valence-corrected chi connectivity index (χ1v) is 3.81. The van der Waals surface area contributed by atoms with Crippen LogP contribution < -0.4 is 0 Å². The Hall–Kier alpha value is -1.65. The number of aromatic hydroxyl groups is 2. The number of halogens is 2. The van der Waals surface area contributed by atoms with Gasteiger partial charge >= 0.3 is 0 Å². The number of ketones is 1. The molecule has 1 aromatic carbocycles. The summed E-state index contributed by atoms with van der Waals surface area (Å²) in [5, 5.41) is 17.8. The number of benzene rings is 1. The number of hydrogen-bond donors (Lipinski definition) is 2. The first-order valence-electron chi connectivity index (χ1n) is 3.81. The summed E-state index contributed by atoms with van der Waals surface area (Å²) in [7, 11) is 0. The number of rotatable bonds is 2. The van der Waals surface area contributed by atoms with Gasteiger partial charge in [0.2, 0.25) is 5.82 Å². The quantitative estimate of drug-likeness (QED) is 0.764. The van der Waals surface area contributed by atoms with Crippen molar-refractivity contribution in [1.29, 1.82) is 0 Å². The molecule has 5 heteroatoms. The number of hydrogen-bond acceptors (Lipinski definition) is 3. The topological polar surface area (TPSA) is 57.5 Å². The Morgan fingerprint density at radius 2 is 1.93 bits per heavy atom. The van der Waals surface area contributed by atoms with Crippen LogP contribution in [-0.2, 0) is 11.2 Å². The van der Waals surface area contributed by atoms with Gasteiger partial charge in [-0.1, -0.05) is 0 Å². The smallest absolute Gasteiger partial charge is 0.209 e. The summed E-state index contributed by atoms with van der Waals surface area (Å²) in [4.78, 5) is 10.7. The average molecular weight is 202 g/mol. The zero-order valence-electron chi connectivity index (χ0n) is 7.34. The summed E-state index contributed by atoms with van der Waals surface area (Å²) < 4.78 is 25.6. The van der Waals surface area contributed by atoms with E-state index in [0.717, 1.165) is 6.07 Å². The average Bonchev–Trinajstić information content (AvgIpc) is 2.10. The molecule has 14 heavy (non-hydrogen) atoms. The maximum Gasteiger partial charge on any atom is 0.209 e. The van der Waals surface area contributed by atoms with E-state index < -0.39 is 23.1 Å². The van der Waals surface area contributed by atoms with Crippen molar-refractivity contribution < 1.29 is 23.8 Å². The zero-order chi connectivity index (χ0) is 10.9. The first kappa shape index (κ1) is 10.4. The number of carbonyl (C=O) groups is 1. The van der Waals surface area contributed by atoms with E-state index >= 15 is 0 Å². The molecular formula is C9H8F2O3. The number of carbonyl (C=O) groups excluding carboxylic acids is 1. The molecule has 0 aliphatic rings. The lowest BCUT2D eigenvalue weighted by Crippen LogP contribution is -1.99. The van der Waals surface area contributed by atoms with E-state index in [0.29, 0.717) is 0 Å². The fraction of sp³-hybridized carbons (Fsp3) is 0.222. The van der Waals surface area contributed by atoms with Crippen LogP contribution >= 0.6 is 0 Å². The Balaban J connectivity index is 3.25. The highest BCUT2D eigenvalue weighted by Gasteiger charge is 2.17. The molecule has 0 aliphatic heterocycles. The fourth-order valence-electron chi connectivity index (χ4n) is 1.05. The second-order valence-corrected chi connectivity index (χ2v) is 2.91. The van der Waals surface area contributed by atoms with Crippen LogP contribution in [0.25, 0.3) is 0 Å². The molecule has 0 amide bonds. The highest BCUT2D eigenvalue weighted by atomic mass is 19.1. The maximum absolute atomic E-state index is 12.9. The van der Waals surface area contributed by atoms with Crippen LogP contribution in [0.5, 0.6) is 11.5 Å². The van der Waals surface area contributed by atoms with Crippen molar-refractivity contribution in [2.75, 3.05) is 0 Å². The van der Waals surface area contributed by atoms with Gasteiger partial charge in [-0.05, 0) is 13.0 Å². The minimum absolute atomic E-state index is 0.176. The van der Waals surface area contributed by atoms with Gasteiger partial charge in [0.1, 0.15) is 5.78 Å². The van der Waals surface area contributed by atoms with Crippen molar-refractivity contribution in [3.05, 3.63) is 23.3 Å². The molecule has 0 saturated heterocycles. The summed E-state index contributed by atoms with van der Waals surface area (Å²) in [6.07, 6.45) is -0.278. The Labute approximate surface area is 78.6 Å². The van der Waals surface area contributed by atoms with E-state index in [4.69, 9.17) is 10.2 Å². The predicted molar refractivity (Wildman–Crippen MR) is 44.1 cm³/mol. The normalized spacial score (nSPS) is 10.2. The van der Waals surface area contributed by atoms with Gasteiger partial charge in [0, 0.05) is 12.0 Å². The summed E-state index contributed by atoms with van der Waals surface area (Å²) >= 11 is 0. The van der Waals surface area contributed by atoms with Crippen LogP contribution in [0.3, 0.4) is 0 Å². The van der Waals surface area contributed by atoms with Crippen molar-refractivity contribution in [3.63, 3.8) is 0 Å². The molecule has 0 spiro atoms. The van der Waals surface area contributed by atoms with Gasteiger partial charge in [-0.2, -0.15) is 4.39 Å². The van der Waals surface area contributed by atoms with E-state index in [1.807, 2.05) is 0 Å². The summed E-state index contributed by atoms with van der Waals surface area (Å²) in [6.45, 7) is 1.22. The molecule has 0 heterocycles. The third-order valence-corrected chi connectivity index (χ3v) is 1.69. The zero-order valence-corrected chi connectivity index (χ0v) is 7.34. The third-order valence-electron chi connectivity index (χ3n) is 1.69. The van der Waals surface area contributed by atoms with E-state index in [-0.39, 0.29) is 17.8 Å². The van der Waals surface area contributed by atoms with Crippen LogP contribution in [0.1, 0.15) is 12.5 Å². The molecule has 3 nitrogen and oxygen atoms in total. The van der Waals surface area contributed by atoms with E-state index in [9.17, 15) is 13.6 Å².